The van der Waals surface area contributed by atoms with E-state index < -0.39 is 6.09 Å². The molecule has 2 saturated heterocycles. The Morgan fingerprint density at radius 3 is 2.67 bits per heavy atom. The van der Waals surface area contributed by atoms with Gasteiger partial charge in [0.15, 0.2) is 0 Å². The molecule has 12 nitrogen and oxygen atoms in total. The van der Waals surface area contributed by atoms with Gasteiger partial charge in [0.2, 0.25) is 0 Å². The number of carbonyl (C=O) groups excluding carboxylic acids is 1. The molecule has 5 aromatic rings. The Balaban J connectivity index is 1.07. The summed E-state index contributed by atoms with van der Waals surface area (Å²) < 4.78 is 20.1. The van der Waals surface area contributed by atoms with E-state index >= 15 is 0 Å². The minimum Gasteiger partial charge on any atom is -0.455 e. The maximum absolute atomic E-state index is 13.3. The van der Waals surface area contributed by atoms with Gasteiger partial charge in [-0.15, -0.1) is 0 Å². The first kappa shape index (κ1) is 33.5. The van der Waals surface area contributed by atoms with Crippen molar-refractivity contribution >= 4 is 28.4 Å². The molecule has 1 unspecified atom stereocenters. The molecule has 3 aliphatic rings. The predicted octanol–water partition coefficient (Wildman–Crippen LogP) is 6.41. The van der Waals surface area contributed by atoms with E-state index in [1.165, 1.54) is 10.8 Å². The van der Waals surface area contributed by atoms with Crippen LogP contribution in [0.3, 0.4) is 0 Å². The third-order valence-corrected chi connectivity index (χ3v) is 10.2. The highest BCUT2D eigenvalue weighted by Gasteiger charge is 2.35. The van der Waals surface area contributed by atoms with Crippen molar-refractivity contribution < 1.29 is 19.0 Å². The topological polar surface area (TPSA) is 122 Å². The number of aromatic nitrogens is 4. The Bertz CT molecular complexity index is 2050. The van der Waals surface area contributed by atoms with Crippen molar-refractivity contribution in [1.29, 1.82) is 5.26 Å². The first-order chi connectivity index (χ1) is 25.6. The molecule has 2 aromatic heterocycles. The molecule has 8 rings (SSSR count). The van der Waals surface area contributed by atoms with Crippen LogP contribution in [0.15, 0.2) is 85.2 Å². The van der Waals surface area contributed by atoms with Gasteiger partial charge in [0.1, 0.15) is 31.1 Å². The lowest BCUT2D eigenvalue weighted by atomic mass is 10.0. The van der Waals surface area contributed by atoms with Gasteiger partial charge in [-0.1, -0.05) is 66.7 Å². The van der Waals surface area contributed by atoms with Crippen LogP contribution in [0.2, 0.25) is 0 Å². The number of amides is 1. The quantitative estimate of drug-likeness (QED) is 0.171. The van der Waals surface area contributed by atoms with Crippen LogP contribution in [0, 0.1) is 11.3 Å². The number of anilines is 2. The molecule has 266 valence electrons. The van der Waals surface area contributed by atoms with Crippen molar-refractivity contribution in [3.63, 3.8) is 0 Å². The summed E-state index contributed by atoms with van der Waals surface area (Å²) in [7, 11) is 0. The van der Waals surface area contributed by atoms with Gasteiger partial charge in [-0.05, 0) is 42.7 Å². The molecule has 52 heavy (non-hydrogen) atoms. The fourth-order valence-corrected chi connectivity index (χ4v) is 7.56. The molecule has 0 N–H and O–H groups in total. The maximum Gasteiger partial charge on any atom is 0.410 e. The SMILES string of the molecule is N#CC[C@H]1CN(c2nc(OCc3nccn3C3CCCCO3)nc3c2CCN(c2cccc4ccccc24)C3)CCN1C(=O)OCc1ccccc1. The Morgan fingerprint density at radius 2 is 1.81 bits per heavy atom. The van der Waals surface area contributed by atoms with E-state index in [1.54, 1.807) is 11.1 Å². The van der Waals surface area contributed by atoms with Crippen molar-refractivity contribution in [2.45, 2.75) is 64.1 Å². The van der Waals surface area contributed by atoms with Crippen LogP contribution in [-0.2, 0) is 35.7 Å². The highest BCUT2D eigenvalue weighted by molar-refractivity contribution is 5.94. The van der Waals surface area contributed by atoms with Gasteiger partial charge in [0.25, 0.3) is 0 Å². The number of hydrogen-bond donors (Lipinski definition) is 0. The van der Waals surface area contributed by atoms with E-state index in [0.717, 1.165) is 73.0 Å². The number of imidazole rings is 1. The van der Waals surface area contributed by atoms with Crippen molar-refractivity contribution in [2.24, 2.45) is 0 Å². The lowest BCUT2D eigenvalue weighted by molar-refractivity contribution is -0.0349. The zero-order chi connectivity index (χ0) is 35.3. The molecule has 0 spiro atoms. The van der Waals surface area contributed by atoms with Crippen molar-refractivity contribution in [3.05, 3.63) is 108 Å². The minimum atomic E-state index is -0.416. The van der Waals surface area contributed by atoms with E-state index in [9.17, 15) is 10.1 Å². The monoisotopic (exact) mass is 698 g/mol. The number of rotatable bonds is 9. The van der Waals surface area contributed by atoms with Crippen LogP contribution in [0.25, 0.3) is 10.8 Å². The second-order valence-corrected chi connectivity index (χ2v) is 13.5. The highest BCUT2D eigenvalue weighted by Crippen LogP contribution is 2.35. The van der Waals surface area contributed by atoms with Crippen LogP contribution in [-0.4, -0.2) is 69.3 Å². The number of nitriles is 1. The number of benzene rings is 3. The summed E-state index contributed by atoms with van der Waals surface area (Å²) in [6, 6.07) is 26.7. The molecule has 0 saturated carbocycles. The summed E-state index contributed by atoms with van der Waals surface area (Å²) >= 11 is 0. The molecule has 12 heteroatoms. The standard InChI is InChI=1S/C40H42N8O4/c41-18-16-31-25-46(22-23-47(31)40(49)52-27-29-9-2-1-3-10-29)38-33-17-20-45(35-14-8-12-30-11-4-5-13-32(30)35)26-34(33)43-39(44-38)51-28-36-42-19-21-48(36)37-15-6-7-24-50-37/h1-5,8-14,19,21,31,37H,6-7,15-17,20,22-28H2/t31-,37?/m0/s1. The lowest BCUT2D eigenvalue weighted by Crippen LogP contribution is -2.55. The Kier molecular flexibility index (Phi) is 9.84. The molecular weight excluding hydrogens is 656 g/mol. The third kappa shape index (κ3) is 7.09. The Hall–Kier alpha value is -5.67. The number of nitrogens with zero attached hydrogens (tertiary/aromatic N) is 8. The molecule has 5 heterocycles. The van der Waals surface area contributed by atoms with Crippen LogP contribution >= 0.6 is 0 Å². The highest BCUT2D eigenvalue weighted by atomic mass is 16.6. The molecule has 1 amide bonds. The zero-order valence-corrected chi connectivity index (χ0v) is 29.1. The van der Waals surface area contributed by atoms with Crippen molar-refractivity contribution in [3.8, 4) is 12.1 Å². The number of hydrogen-bond acceptors (Lipinski definition) is 10. The Morgan fingerprint density at radius 1 is 0.942 bits per heavy atom. The van der Waals surface area contributed by atoms with Crippen LogP contribution in [0.5, 0.6) is 6.01 Å². The zero-order valence-electron chi connectivity index (χ0n) is 29.1. The molecule has 3 aromatic carbocycles. The third-order valence-electron chi connectivity index (χ3n) is 10.2. The van der Waals surface area contributed by atoms with E-state index in [-0.39, 0.29) is 37.9 Å². The van der Waals surface area contributed by atoms with E-state index in [1.807, 2.05) is 41.1 Å². The molecule has 2 fully saturated rings. The maximum atomic E-state index is 13.3. The van der Waals surface area contributed by atoms with Gasteiger partial charge in [-0.25, -0.2) is 9.78 Å². The summed E-state index contributed by atoms with van der Waals surface area (Å²) in [5.74, 6) is 1.54. The van der Waals surface area contributed by atoms with Crippen LogP contribution < -0.4 is 14.5 Å². The summed E-state index contributed by atoms with van der Waals surface area (Å²) in [4.78, 5) is 34.2. The minimum absolute atomic E-state index is 0.0585. The van der Waals surface area contributed by atoms with Gasteiger partial charge < -0.3 is 33.5 Å². The molecule has 0 bridgehead atoms. The van der Waals surface area contributed by atoms with Gasteiger partial charge in [-0.3, -0.25) is 0 Å². The number of carbonyl (C=O) groups is 1. The molecule has 2 atom stereocenters. The number of fused-ring (bicyclic) bond motifs is 2. The largest absolute Gasteiger partial charge is 0.455 e. The van der Waals surface area contributed by atoms with Crippen molar-refractivity contribution in [2.75, 3.05) is 42.6 Å². The molecule has 0 aliphatic carbocycles. The van der Waals surface area contributed by atoms with E-state index in [0.29, 0.717) is 26.2 Å². The van der Waals surface area contributed by atoms with E-state index in [4.69, 9.17) is 24.2 Å². The lowest BCUT2D eigenvalue weighted by Gasteiger charge is -2.42. The van der Waals surface area contributed by atoms with Gasteiger partial charge >= 0.3 is 12.1 Å². The fourth-order valence-electron chi connectivity index (χ4n) is 7.56. The first-order valence-corrected chi connectivity index (χ1v) is 18.1. The number of ether oxygens (including phenoxy) is 3. The molecule has 0 radical (unpaired) electrons. The molecule has 3 aliphatic heterocycles. The number of piperazine rings is 1. The second kappa shape index (κ2) is 15.3. The van der Waals surface area contributed by atoms with Crippen LogP contribution in [0.1, 0.15) is 54.6 Å². The van der Waals surface area contributed by atoms with E-state index in [2.05, 4.69) is 63.3 Å². The van der Waals surface area contributed by atoms with Crippen LogP contribution in [0.4, 0.5) is 16.3 Å². The Labute approximate surface area is 303 Å². The summed E-state index contributed by atoms with van der Waals surface area (Å²) in [5.41, 5.74) is 4.05. The summed E-state index contributed by atoms with van der Waals surface area (Å²) in [5, 5.41) is 12.2. The van der Waals surface area contributed by atoms with Gasteiger partial charge in [-0.2, -0.15) is 15.2 Å². The smallest absolute Gasteiger partial charge is 0.410 e. The van der Waals surface area contributed by atoms with Gasteiger partial charge in [0.05, 0.1) is 30.8 Å². The predicted molar refractivity (Wildman–Crippen MR) is 196 cm³/mol. The van der Waals surface area contributed by atoms with Crippen molar-refractivity contribution in [1.82, 2.24) is 24.4 Å². The first-order valence-electron chi connectivity index (χ1n) is 18.1. The average Bonchev–Trinajstić information content (AvgIpc) is 3.68. The molecular formula is C40H42N8O4. The summed E-state index contributed by atoms with van der Waals surface area (Å²) in [6.45, 7) is 3.86. The second-order valence-electron chi connectivity index (χ2n) is 13.5. The normalized spacial score (nSPS) is 18.9. The van der Waals surface area contributed by atoms with Gasteiger partial charge in [0, 0.05) is 61.8 Å². The fraction of sp³-hybridized carbons (Fsp3) is 0.375. The summed E-state index contributed by atoms with van der Waals surface area (Å²) in [6.07, 6.45) is 7.26. The average molecular weight is 699 g/mol.